The number of benzene rings is 8. The van der Waals surface area contributed by atoms with Crippen LogP contribution in [-0.4, -0.2) is 0 Å². The van der Waals surface area contributed by atoms with Crippen LogP contribution in [0.3, 0.4) is 0 Å². The average Bonchev–Trinajstić information content (AvgIpc) is 3.31. The molecule has 0 unspecified atom stereocenters. The van der Waals surface area contributed by atoms with Crippen molar-refractivity contribution in [2.75, 3.05) is 0 Å². The molecule has 2 aliphatic heterocycles. The normalized spacial score (nSPS) is 10.9. The molecule has 0 aromatic heterocycles. The topological polar surface area (TPSA) is 18.5 Å². The largest absolute Gasteiger partial charge is 0.488 e. The lowest BCUT2D eigenvalue weighted by Gasteiger charge is -2.18. The van der Waals surface area contributed by atoms with Gasteiger partial charge in [-0.25, -0.2) is 0 Å². The minimum atomic E-state index is 0.263. The van der Waals surface area contributed by atoms with Crippen LogP contribution in [-0.2, 0) is 13.2 Å². The third-order valence-electron chi connectivity index (χ3n) is 10.1. The Bertz CT molecular complexity index is 2930. The summed E-state index contributed by atoms with van der Waals surface area (Å²) in [6.07, 6.45) is 0. The predicted molar refractivity (Wildman–Crippen MR) is 242 cm³/mol. The lowest BCUT2D eigenvalue weighted by Crippen LogP contribution is -2.02. The van der Waals surface area contributed by atoms with Gasteiger partial charge in [-0.05, 0) is 94.0 Å². The van der Waals surface area contributed by atoms with Gasteiger partial charge in [0.1, 0.15) is 24.7 Å². The van der Waals surface area contributed by atoms with Crippen LogP contribution < -0.4 is 9.47 Å². The van der Waals surface area contributed by atoms with E-state index in [2.05, 4.69) is 95.9 Å². The number of ether oxygens (including phenoxy) is 2. The highest BCUT2D eigenvalue weighted by atomic mass is 16.5. The fraction of sp³-hybridized carbons (Fsp3) is 0.0345. The highest BCUT2D eigenvalue weighted by Crippen LogP contribution is 2.39. The highest BCUT2D eigenvalue weighted by Gasteiger charge is 2.20. The first kappa shape index (κ1) is 37.2. The molecule has 0 fully saturated rings. The van der Waals surface area contributed by atoms with E-state index in [1.165, 1.54) is 0 Å². The molecule has 8 aromatic carbocycles. The van der Waals surface area contributed by atoms with E-state index in [1.54, 1.807) is 0 Å². The van der Waals surface area contributed by atoms with E-state index in [-0.39, 0.29) is 13.2 Å². The van der Waals surface area contributed by atoms with Crippen LogP contribution in [0.2, 0.25) is 0 Å². The molecule has 2 nitrogen and oxygen atoms in total. The molecule has 0 radical (unpaired) electrons. The third kappa shape index (κ3) is 8.77. The van der Waals surface area contributed by atoms with Gasteiger partial charge in [-0.3, -0.25) is 0 Å². The second-order valence-corrected chi connectivity index (χ2v) is 14.1. The Balaban J connectivity index is 1.28. The molecule has 0 aliphatic carbocycles. The smallest absolute Gasteiger partial charge is 0.136 e. The molecule has 2 heteroatoms. The fourth-order valence-electron chi connectivity index (χ4n) is 7.04. The summed E-state index contributed by atoms with van der Waals surface area (Å²) < 4.78 is 13.6. The Morgan fingerprint density at radius 3 is 1.03 bits per heavy atom. The maximum Gasteiger partial charge on any atom is 0.136 e. The van der Waals surface area contributed by atoms with Crippen LogP contribution in [0.25, 0.3) is 22.3 Å². The van der Waals surface area contributed by atoms with Crippen LogP contribution in [0.15, 0.2) is 194 Å². The Morgan fingerprint density at radius 1 is 0.283 bits per heavy atom. The maximum atomic E-state index is 6.82. The monoisotopic (exact) mass is 764 g/mol. The predicted octanol–water partition coefficient (Wildman–Crippen LogP) is 12.1. The van der Waals surface area contributed by atoms with Crippen molar-refractivity contribution < 1.29 is 9.47 Å². The van der Waals surface area contributed by atoms with Gasteiger partial charge in [-0.1, -0.05) is 169 Å². The van der Waals surface area contributed by atoms with Crippen LogP contribution in [0, 0.1) is 47.4 Å². The molecule has 4 bridgehead atoms. The lowest BCUT2D eigenvalue weighted by atomic mass is 9.86. The molecular formula is C58H36O2. The second-order valence-electron chi connectivity index (χ2n) is 14.1. The van der Waals surface area contributed by atoms with Gasteiger partial charge in [0.05, 0.1) is 11.1 Å². The minimum Gasteiger partial charge on any atom is -0.488 e. The Morgan fingerprint density at radius 2 is 0.617 bits per heavy atom. The molecule has 0 saturated heterocycles. The van der Waals surface area contributed by atoms with Gasteiger partial charge in [-0.2, -0.15) is 0 Å². The average molecular weight is 765 g/mol. The van der Waals surface area contributed by atoms with E-state index in [4.69, 9.17) is 9.47 Å². The van der Waals surface area contributed by atoms with Crippen LogP contribution in [0.1, 0.15) is 55.6 Å². The summed E-state index contributed by atoms with van der Waals surface area (Å²) in [6.45, 7) is 0.526. The van der Waals surface area contributed by atoms with Crippen molar-refractivity contribution in [3.63, 3.8) is 0 Å². The van der Waals surface area contributed by atoms with E-state index < -0.39 is 0 Å². The number of hydrogen-bond donors (Lipinski definition) is 0. The van der Waals surface area contributed by atoms with Gasteiger partial charge >= 0.3 is 0 Å². The zero-order chi connectivity index (χ0) is 40.4. The fourth-order valence-corrected chi connectivity index (χ4v) is 7.04. The van der Waals surface area contributed by atoms with Gasteiger partial charge in [-0.15, -0.1) is 0 Å². The summed E-state index contributed by atoms with van der Waals surface area (Å²) in [6, 6.07) is 65.0. The van der Waals surface area contributed by atoms with E-state index in [0.717, 1.165) is 66.8 Å². The van der Waals surface area contributed by atoms with Crippen molar-refractivity contribution in [1.29, 1.82) is 0 Å². The molecule has 0 N–H and O–H groups in total. The van der Waals surface area contributed by atoms with Crippen molar-refractivity contribution in [3.8, 4) is 81.1 Å². The molecule has 60 heavy (non-hydrogen) atoms. The third-order valence-corrected chi connectivity index (χ3v) is 10.1. The molecule has 280 valence electrons. The van der Waals surface area contributed by atoms with Gasteiger partial charge < -0.3 is 9.47 Å². The quantitative estimate of drug-likeness (QED) is 0.143. The summed E-state index contributed by atoms with van der Waals surface area (Å²) in [4.78, 5) is 0. The Labute approximate surface area is 352 Å². The molecule has 0 saturated carbocycles. The summed E-state index contributed by atoms with van der Waals surface area (Å²) in [5.74, 6) is 28.7. The standard InChI is InChI=1S/C58H36O2/c1-5-17-43(18-6-1)29-30-47-37-55-52-27-15-13-25-50(52)41-59-57-40-49(35-32-45-21-9-3-10-22-45)58(39-48(57)34-31-44-19-7-2-8-20-44)60-42-51-26-14-16-28-53(51)56(38-47)54(55)36-33-46-23-11-4-12-24-46/h1-28,37-40H,41-42H2. The van der Waals surface area contributed by atoms with Gasteiger partial charge in [0, 0.05) is 45.5 Å². The van der Waals surface area contributed by atoms with Crippen molar-refractivity contribution in [2.24, 2.45) is 0 Å². The van der Waals surface area contributed by atoms with Crippen LogP contribution in [0.5, 0.6) is 11.5 Å². The number of rotatable bonds is 0. The molecule has 10 rings (SSSR count). The molecule has 0 spiro atoms. The van der Waals surface area contributed by atoms with Crippen LogP contribution in [0.4, 0.5) is 0 Å². The van der Waals surface area contributed by atoms with E-state index in [9.17, 15) is 0 Å². The first-order valence-corrected chi connectivity index (χ1v) is 19.8. The molecule has 2 heterocycles. The summed E-state index contributed by atoms with van der Waals surface area (Å²) in [5, 5.41) is 0. The van der Waals surface area contributed by atoms with Crippen LogP contribution >= 0.6 is 0 Å². The van der Waals surface area contributed by atoms with E-state index in [0.29, 0.717) is 22.6 Å². The second kappa shape index (κ2) is 17.8. The van der Waals surface area contributed by atoms with E-state index in [1.807, 2.05) is 146 Å². The molecule has 8 aromatic rings. The molecule has 2 aliphatic rings. The molecule has 0 amide bonds. The SMILES string of the molecule is C(#Cc1cc2c(C#Cc3ccccc3)c(c1)-c1ccccc1COc1cc(C#Cc3ccccc3)c(cc1C#Cc1ccccc1)OCc1ccccc1-2)c1ccccc1. The molecular weight excluding hydrogens is 729 g/mol. The lowest BCUT2D eigenvalue weighted by molar-refractivity contribution is 0.296. The van der Waals surface area contributed by atoms with E-state index >= 15 is 0 Å². The summed E-state index contributed by atoms with van der Waals surface area (Å²) in [7, 11) is 0. The Kier molecular flexibility index (Phi) is 11.0. The van der Waals surface area contributed by atoms with Gasteiger partial charge in [0.2, 0.25) is 0 Å². The first-order valence-electron chi connectivity index (χ1n) is 19.8. The first-order chi connectivity index (χ1) is 29.7. The minimum absolute atomic E-state index is 0.263. The van der Waals surface area contributed by atoms with Crippen molar-refractivity contribution >= 4 is 0 Å². The number of fused-ring (bicyclic) bond motifs is 4. The van der Waals surface area contributed by atoms with Gasteiger partial charge in [0.15, 0.2) is 0 Å². The van der Waals surface area contributed by atoms with Crippen molar-refractivity contribution in [1.82, 2.24) is 0 Å². The zero-order valence-electron chi connectivity index (χ0n) is 32.7. The Hall–Kier alpha value is -8.40. The van der Waals surface area contributed by atoms with Gasteiger partial charge in [0.25, 0.3) is 0 Å². The zero-order valence-corrected chi connectivity index (χ0v) is 32.7. The summed E-state index contributed by atoms with van der Waals surface area (Å²) in [5.41, 5.74) is 12.7. The maximum absolute atomic E-state index is 6.82. The van der Waals surface area contributed by atoms with Crippen molar-refractivity contribution in [2.45, 2.75) is 13.2 Å². The van der Waals surface area contributed by atoms with Crippen molar-refractivity contribution in [3.05, 3.63) is 250 Å². The number of hydrogen-bond acceptors (Lipinski definition) is 2. The molecule has 0 atom stereocenters. The highest BCUT2D eigenvalue weighted by molar-refractivity contribution is 5.87. The summed E-state index contributed by atoms with van der Waals surface area (Å²) >= 11 is 0.